The second-order valence-electron chi connectivity index (χ2n) is 6.35. The fourth-order valence-electron chi connectivity index (χ4n) is 2.97. The van der Waals surface area contributed by atoms with Crippen LogP contribution in [0.5, 0.6) is 0 Å². The molecule has 2 aromatic heterocycles. The lowest BCUT2D eigenvalue weighted by molar-refractivity contribution is 0.0933. The predicted molar refractivity (Wildman–Crippen MR) is 92.9 cm³/mol. The summed E-state index contributed by atoms with van der Waals surface area (Å²) in [7, 11) is 0. The van der Waals surface area contributed by atoms with Crippen LogP contribution in [0, 0.1) is 0 Å². The van der Waals surface area contributed by atoms with E-state index in [0.717, 1.165) is 18.8 Å². The lowest BCUT2D eigenvalue weighted by Crippen LogP contribution is -2.36. The van der Waals surface area contributed by atoms with Crippen molar-refractivity contribution in [1.82, 2.24) is 20.4 Å². The summed E-state index contributed by atoms with van der Waals surface area (Å²) in [5.74, 6) is 0.237. The van der Waals surface area contributed by atoms with Gasteiger partial charge in [0.05, 0.1) is 6.04 Å². The van der Waals surface area contributed by atoms with E-state index in [1.807, 2.05) is 6.07 Å². The molecule has 23 heavy (non-hydrogen) atoms. The molecule has 0 radical (unpaired) electrons. The molecule has 1 saturated heterocycles. The molecule has 1 fully saturated rings. The smallest absolute Gasteiger partial charge is 0.271 e. The van der Waals surface area contributed by atoms with Crippen LogP contribution in [-0.4, -0.2) is 40.6 Å². The van der Waals surface area contributed by atoms with E-state index in [1.54, 1.807) is 11.3 Å². The van der Waals surface area contributed by atoms with E-state index in [-0.39, 0.29) is 11.9 Å². The highest BCUT2D eigenvalue weighted by molar-refractivity contribution is 7.10. The molecule has 3 heterocycles. The van der Waals surface area contributed by atoms with Crippen LogP contribution in [0.2, 0.25) is 0 Å². The number of carbonyl (C=O) groups excluding carboxylic acids is 1. The zero-order valence-electron chi connectivity index (χ0n) is 13.7. The number of rotatable bonds is 6. The van der Waals surface area contributed by atoms with E-state index in [0.29, 0.717) is 18.2 Å². The minimum atomic E-state index is -0.103. The molecule has 3 rings (SSSR count). The first-order chi connectivity index (χ1) is 11.1. The Kier molecular flexibility index (Phi) is 5.13. The van der Waals surface area contributed by atoms with Gasteiger partial charge in [-0.1, -0.05) is 19.9 Å². The van der Waals surface area contributed by atoms with Gasteiger partial charge in [0, 0.05) is 17.1 Å². The molecule has 0 spiro atoms. The molecule has 0 aromatic carbocycles. The zero-order valence-corrected chi connectivity index (χ0v) is 14.5. The van der Waals surface area contributed by atoms with Crippen LogP contribution in [0.1, 0.15) is 59.7 Å². The van der Waals surface area contributed by atoms with E-state index in [9.17, 15) is 4.79 Å². The summed E-state index contributed by atoms with van der Waals surface area (Å²) in [4.78, 5) is 16.1. The highest BCUT2D eigenvalue weighted by Crippen LogP contribution is 2.27. The number of amides is 1. The lowest BCUT2D eigenvalue weighted by atomic mass is 10.1. The van der Waals surface area contributed by atoms with Crippen LogP contribution in [0.15, 0.2) is 23.6 Å². The largest absolute Gasteiger partial charge is 0.349 e. The third-order valence-electron chi connectivity index (χ3n) is 4.36. The number of H-pyrrole nitrogens is 1. The van der Waals surface area contributed by atoms with Gasteiger partial charge in [0.1, 0.15) is 5.69 Å². The minimum Gasteiger partial charge on any atom is -0.349 e. The fourth-order valence-corrected chi connectivity index (χ4v) is 3.83. The average Bonchev–Trinajstić information content (AvgIpc) is 3.29. The second-order valence-corrected chi connectivity index (χ2v) is 7.33. The van der Waals surface area contributed by atoms with Crippen molar-refractivity contribution in [2.45, 2.75) is 38.6 Å². The Hall–Kier alpha value is -1.66. The maximum Gasteiger partial charge on any atom is 0.271 e. The summed E-state index contributed by atoms with van der Waals surface area (Å²) in [5, 5.41) is 12.2. The standard InChI is InChI=1S/C17H24N4OS/c1-12(2)13-10-14(20-19-13)17(22)18-11-15(16-6-5-9-23-16)21-7-3-4-8-21/h5-6,9-10,12,15H,3-4,7-8,11H2,1-2H3,(H,18,22)(H,19,20)/t15-/m0/s1. The van der Waals surface area contributed by atoms with Crippen molar-refractivity contribution < 1.29 is 4.79 Å². The first-order valence-corrected chi connectivity index (χ1v) is 9.14. The van der Waals surface area contributed by atoms with Crippen molar-refractivity contribution >= 4 is 17.2 Å². The third kappa shape index (κ3) is 3.82. The molecule has 0 bridgehead atoms. The fraction of sp³-hybridized carbons (Fsp3) is 0.529. The Labute approximate surface area is 141 Å². The van der Waals surface area contributed by atoms with Gasteiger partial charge in [-0.2, -0.15) is 5.10 Å². The molecular weight excluding hydrogens is 308 g/mol. The van der Waals surface area contributed by atoms with Gasteiger partial charge in [0.2, 0.25) is 0 Å². The Bertz CT molecular complexity index is 629. The summed E-state index contributed by atoms with van der Waals surface area (Å²) in [6.07, 6.45) is 2.49. The number of hydrogen-bond acceptors (Lipinski definition) is 4. The maximum absolute atomic E-state index is 12.4. The molecule has 6 heteroatoms. The monoisotopic (exact) mass is 332 g/mol. The second kappa shape index (κ2) is 7.27. The van der Waals surface area contributed by atoms with Gasteiger partial charge in [-0.25, -0.2) is 0 Å². The van der Waals surface area contributed by atoms with Crippen molar-refractivity contribution in [1.29, 1.82) is 0 Å². The lowest BCUT2D eigenvalue weighted by Gasteiger charge is -2.26. The molecule has 124 valence electrons. The molecule has 5 nitrogen and oxygen atoms in total. The number of thiophene rings is 1. The van der Waals surface area contributed by atoms with Gasteiger partial charge in [-0.3, -0.25) is 14.8 Å². The molecule has 0 saturated carbocycles. The van der Waals surface area contributed by atoms with Crippen molar-refractivity contribution in [3.8, 4) is 0 Å². The summed E-state index contributed by atoms with van der Waals surface area (Å²) >= 11 is 1.76. The van der Waals surface area contributed by atoms with Gasteiger partial charge in [-0.15, -0.1) is 11.3 Å². The van der Waals surface area contributed by atoms with Crippen LogP contribution in [-0.2, 0) is 0 Å². The van der Waals surface area contributed by atoms with Gasteiger partial charge in [0.25, 0.3) is 5.91 Å². The maximum atomic E-state index is 12.4. The highest BCUT2D eigenvalue weighted by atomic mass is 32.1. The number of hydrogen-bond donors (Lipinski definition) is 2. The number of likely N-dealkylation sites (tertiary alicyclic amines) is 1. The quantitative estimate of drug-likeness (QED) is 0.854. The third-order valence-corrected chi connectivity index (χ3v) is 5.33. The Morgan fingerprint density at radius 3 is 2.83 bits per heavy atom. The molecule has 1 aliphatic rings. The molecule has 2 aromatic rings. The van der Waals surface area contributed by atoms with E-state index in [2.05, 4.69) is 51.8 Å². The van der Waals surface area contributed by atoms with Crippen LogP contribution in [0.3, 0.4) is 0 Å². The summed E-state index contributed by atoms with van der Waals surface area (Å²) < 4.78 is 0. The average molecular weight is 332 g/mol. The first kappa shape index (κ1) is 16.2. The molecule has 1 aliphatic heterocycles. The Balaban J connectivity index is 1.64. The zero-order chi connectivity index (χ0) is 16.2. The molecule has 1 atom stereocenters. The molecular formula is C17H24N4OS. The van der Waals surface area contributed by atoms with E-state index in [1.165, 1.54) is 17.7 Å². The summed E-state index contributed by atoms with van der Waals surface area (Å²) in [6.45, 7) is 7.00. The highest BCUT2D eigenvalue weighted by Gasteiger charge is 2.25. The minimum absolute atomic E-state index is 0.103. The van der Waals surface area contributed by atoms with Crippen molar-refractivity contribution in [2.75, 3.05) is 19.6 Å². The van der Waals surface area contributed by atoms with Crippen LogP contribution in [0.4, 0.5) is 0 Å². The van der Waals surface area contributed by atoms with Gasteiger partial charge >= 0.3 is 0 Å². The molecule has 1 amide bonds. The molecule has 2 N–H and O–H groups in total. The summed E-state index contributed by atoms with van der Waals surface area (Å²) in [6, 6.07) is 6.35. The summed E-state index contributed by atoms with van der Waals surface area (Å²) in [5.41, 5.74) is 1.46. The Morgan fingerprint density at radius 1 is 1.43 bits per heavy atom. The normalized spacial score (nSPS) is 16.8. The van der Waals surface area contributed by atoms with Gasteiger partial charge < -0.3 is 5.32 Å². The first-order valence-electron chi connectivity index (χ1n) is 8.26. The molecule has 0 aliphatic carbocycles. The SMILES string of the molecule is CC(C)c1cc(C(=O)NC[C@@H](c2cccs2)N2CCCC2)n[nH]1. The predicted octanol–water partition coefficient (Wildman–Crippen LogP) is 3.16. The van der Waals surface area contributed by atoms with Crippen LogP contribution < -0.4 is 5.32 Å². The number of nitrogens with one attached hydrogen (secondary N) is 2. The Morgan fingerprint density at radius 2 is 2.22 bits per heavy atom. The number of carbonyl (C=O) groups is 1. The van der Waals surface area contributed by atoms with Crippen LogP contribution in [0.25, 0.3) is 0 Å². The molecule has 0 unspecified atom stereocenters. The van der Waals surface area contributed by atoms with Crippen molar-refractivity contribution in [3.63, 3.8) is 0 Å². The van der Waals surface area contributed by atoms with E-state index >= 15 is 0 Å². The topological polar surface area (TPSA) is 61.0 Å². The number of nitrogens with zero attached hydrogens (tertiary/aromatic N) is 2. The van der Waals surface area contributed by atoms with Crippen molar-refractivity contribution in [3.05, 3.63) is 39.8 Å². The number of aromatic nitrogens is 2. The van der Waals surface area contributed by atoms with Gasteiger partial charge in [0.15, 0.2) is 0 Å². The van der Waals surface area contributed by atoms with Crippen molar-refractivity contribution in [2.24, 2.45) is 0 Å². The van der Waals surface area contributed by atoms with E-state index < -0.39 is 0 Å². The van der Waals surface area contributed by atoms with Crippen LogP contribution >= 0.6 is 11.3 Å². The van der Waals surface area contributed by atoms with E-state index in [4.69, 9.17) is 0 Å². The number of aromatic amines is 1. The van der Waals surface area contributed by atoms with Gasteiger partial charge in [-0.05, 0) is 49.4 Å².